The molecule has 4 nitrogen and oxygen atoms in total. The first kappa shape index (κ1) is 14.1. The number of hydrogen-bond acceptors (Lipinski definition) is 3. The second-order valence-electron chi connectivity index (χ2n) is 6.86. The van der Waals surface area contributed by atoms with Crippen molar-refractivity contribution in [3.63, 3.8) is 0 Å². The number of aromatic nitrogens is 2. The summed E-state index contributed by atoms with van der Waals surface area (Å²) in [5.41, 5.74) is 1.94. The van der Waals surface area contributed by atoms with E-state index < -0.39 is 0 Å². The van der Waals surface area contributed by atoms with Crippen molar-refractivity contribution in [2.45, 2.75) is 51.4 Å². The Morgan fingerprint density at radius 1 is 1.19 bits per heavy atom. The van der Waals surface area contributed by atoms with Crippen molar-refractivity contribution in [2.75, 3.05) is 5.32 Å². The normalized spacial score (nSPS) is 23.1. The lowest BCUT2D eigenvalue weighted by atomic mass is 9.94. The van der Waals surface area contributed by atoms with Gasteiger partial charge in [-0.25, -0.2) is 4.68 Å². The van der Waals surface area contributed by atoms with E-state index in [9.17, 15) is 0 Å². The highest BCUT2D eigenvalue weighted by atomic mass is 16.5. The zero-order valence-corrected chi connectivity index (χ0v) is 13.1. The molecule has 1 aromatic heterocycles. The SMILES string of the molecule is CC1(C)CC(Nc2ccc(-n3cccn3)cc2)C(C)(C)O1. The van der Waals surface area contributed by atoms with Gasteiger partial charge >= 0.3 is 0 Å². The summed E-state index contributed by atoms with van der Waals surface area (Å²) in [5, 5.41) is 7.84. The third kappa shape index (κ3) is 2.95. The lowest BCUT2D eigenvalue weighted by Gasteiger charge is -2.28. The van der Waals surface area contributed by atoms with Gasteiger partial charge in [-0.1, -0.05) is 0 Å². The Balaban J connectivity index is 1.74. The number of hydrogen-bond donors (Lipinski definition) is 1. The van der Waals surface area contributed by atoms with Crippen LogP contribution in [0.1, 0.15) is 34.1 Å². The smallest absolute Gasteiger partial charge is 0.0834 e. The van der Waals surface area contributed by atoms with Gasteiger partial charge in [0, 0.05) is 18.1 Å². The van der Waals surface area contributed by atoms with Gasteiger partial charge in [0.25, 0.3) is 0 Å². The highest BCUT2D eigenvalue weighted by Crippen LogP contribution is 2.38. The summed E-state index contributed by atoms with van der Waals surface area (Å²) in [4.78, 5) is 0. The molecule has 1 atom stereocenters. The molecule has 1 saturated heterocycles. The van der Waals surface area contributed by atoms with Crippen molar-refractivity contribution in [2.24, 2.45) is 0 Å². The highest BCUT2D eigenvalue weighted by molar-refractivity contribution is 5.49. The van der Waals surface area contributed by atoms with Crippen LogP contribution in [-0.4, -0.2) is 27.0 Å². The Kier molecular flexibility index (Phi) is 3.29. The lowest BCUT2D eigenvalue weighted by molar-refractivity contribution is -0.0662. The molecule has 1 fully saturated rings. The zero-order valence-electron chi connectivity index (χ0n) is 13.1. The minimum absolute atomic E-state index is 0.0732. The second kappa shape index (κ2) is 4.88. The number of ether oxygens (including phenoxy) is 1. The molecular formula is C17H23N3O. The van der Waals surface area contributed by atoms with Crippen LogP contribution in [0.15, 0.2) is 42.7 Å². The van der Waals surface area contributed by atoms with Gasteiger partial charge in [0.05, 0.1) is 22.9 Å². The fourth-order valence-electron chi connectivity index (χ4n) is 3.12. The Hall–Kier alpha value is -1.81. The third-order valence-corrected chi connectivity index (χ3v) is 4.05. The van der Waals surface area contributed by atoms with Gasteiger partial charge < -0.3 is 10.1 Å². The number of rotatable bonds is 3. The van der Waals surface area contributed by atoms with E-state index in [2.05, 4.69) is 62.4 Å². The van der Waals surface area contributed by atoms with E-state index in [1.807, 2.05) is 16.9 Å². The number of nitrogens with one attached hydrogen (secondary N) is 1. The number of anilines is 1. The summed E-state index contributed by atoms with van der Waals surface area (Å²) < 4.78 is 7.98. The van der Waals surface area contributed by atoms with E-state index in [1.54, 1.807) is 6.20 Å². The lowest BCUT2D eigenvalue weighted by Crippen LogP contribution is -2.38. The quantitative estimate of drug-likeness (QED) is 0.936. The summed E-state index contributed by atoms with van der Waals surface area (Å²) in [6.45, 7) is 8.60. The van der Waals surface area contributed by atoms with Crippen LogP contribution in [0.5, 0.6) is 0 Å². The summed E-state index contributed by atoms with van der Waals surface area (Å²) in [6, 6.07) is 10.6. The van der Waals surface area contributed by atoms with Crippen LogP contribution in [0, 0.1) is 0 Å². The maximum absolute atomic E-state index is 6.13. The molecule has 1 unspecified atom stereocenters. The molecular weight excluding hydrogens is 262 g/mol. The van der Waals surface area contributed by atoms with Gasteiger partial charge in [0.15, 0.2) is 0 Å². The van der Waals surface area contributed by atoms with Crippen molar-refractivity contribution < 1.29 is 4.74 Å². The summed E-state index contributed by atoms with van der Waals surface area (Å²) in [5.74, 6) is 0. The van der Waals surface area contributed by atoms with Crippen LogP contribution in [0.25, 0.3) is 5.69 Å². The van der Waals surface area contributed by atoms with Crippen molar-refractivity contribution in [1.82, 2.24) is 9.78 Å². The van der Waals surface area contributed by atoms with Crippen LogP contribution in [0.4, 0.5) is 5.69 Å². The molecule has 21 heavy (non-hydrogen) atoms. The highest BCUT2D eigenvalue weighted by Gasteiger charge is 2.45. The maximum atomic E-state index is 6.13. The van der Waals surface area contributed by atoms with Crippen LogP contribution in [0.2, 0.25) is 0 Å². The van der Waals surface area contributed by atoms with Gasteiger partial charge in [0.2, 0.25) is 0 Å². The van der Waals surface area contributed by atoms with Crippen molar-refractivity contribution in [3.8, 4) is 5.69 Å². The Morgan fingerprint density at radius 2 is 1.90 bits per heavy atom. The van der Waals surface area contributed by atoms with Crippen LogP contribution >= 0.6 is 0 Å². The van der Waals surface area contributed by atoms with Gasteiger partial charge in [-0.15, -0.1) is 0 Å². The first-order chi connectivity index (χ1) is 9.86. The average molecular weight is 285 g/mol. The predicted octanol–water partition coefficient (Wildman–Crippen LogP) is 3.63. The fraction of sp³-hybridized carbons (Fsp3) is 0.471. The maximum Gasteiger partial charge on any atom is 0.0834 e. The second-order valence-corrected chi connectivity index (χ2v) is 6.86. The van der Waals surface area contributed by atoms with E-state index in [1.165, 1.54) is 0 Å². The summed E-state index contributed by atoms with van der Waals surface area (Å²) >= 11 is 0. The van der Waals surface area contributed by atoms with Crippen molar-refractivity contribution >= 4 is 5.69 Å². The molecule has 4 heteroatoms. The molecule has 3 rings (SSSR count). The van der Waals surface area contributed by atoms with E-state index in [4.69, 9.17) is 4.74 Å². The molecule has 1 N–H and O–H groups in total. The Labute approximate surface area is 126 Å². The topological polar surface area (TPSA) is 39.1 Å². The third-order valence-electron chi connectivity index (χ3n) is 4.05. The molecule has 0 aliphatic carbocycles. The first-order valence-corrected chi connectivity index (χ1v) is 7.43. The summed E-state index contributed by atoms with van der Waals surface area (Å²) in [7, 11) is 0. The van der Waals surface area contributed by atoms with Gasteiger partial charge in [-0.2, -0.15) is 5.10 Å². The number of benzene rings is 1. The van der Waals surface area contributed by atoms with Crippen LogP contribution < -0.4 is 5.32 Å². The number of nitrogens with zero attached hydrogens (tertiary/aromatic N) is 2. The molecule has 112 valence electrons. The van der Waals surface area contributed by atoms with E-state index in [0.717, 1.165) is 17.8 Å². The Morgan fingerprint density at radius 3 is 2.43 bits per heavy atom. The molecule has 1 aromatic carbocycles. The molecule has 0 saturated carbocycles. The minimum atomic E-state index is -0.163. The molecule has 2 heterocycles. The van der Waals surface area contributed by atoms with Crippen molar-refractivity contribution in [1.29, 1.82) is 0 Å². The fourth-order valence-corrected chi connectivity index (χ4v) is 3.12. The van der Waals surface area contributed by atoms with Crippen LogP contribution in [-0.2, 0) is 4.74 Å². The van der Waals surface area contributed by atoms with Gasteiger partial charge in [-0.3, -0.25) is 0 Å². The molecule has 1 aliphatic rings. The zero-order chi connectivity index (χ0) is 15.1. The minimum Gasteiger partial charge on any atom is -0.379 e. The Bertz CT molecular complexity index is 599. The average Bonchev–Trinajstić information content (AvgIpc) is 2.97. The van der Waals surface area contributed by atoms with Gasteiger partial charge in [-0.05, 0) is 64.4 Å². The molecule has 0 radical (unpaired) electrons. The predicted molar refractivity (Wildman–Crippen MR) is 84.8 cm³/mol. The molecule has 0 spiro atoms. The molecule has 2 aromatic rings. The van der Waals surface area contributed by atoms with E-state index >= 15 is 0 Å². The largest absolute Gasteiger partial charge is 0.379 e. The molecule has 0 amide bonds. The van der Waals surface area contributed by atoms with E-state index in [-0.39, 0.29) is 11.2 Å². The first-order valence-electron chi connectivity index (χ1n) is 7.43. The van der Waals surface area contributed by atoms with Crippen molar-refractivity contribution in [3.05, 3.63) is 42.7 Å². The summed E-state index contributed by atoms with van der Waals surface area (Å²) in [6.07, 6.45) is 4.73. The van der Waals surface area contributed by atoms with Crippen LogP contribution in [0.3, 0.4) is 0 Å². The standard InChI is InChI=1S/C17H23N3O/c1-16(2)12-15(17(3,4)21-16)19-13-6-8-14(9-7-13)20-11-5-10-18-20/h5-11,15,19H,12H2,1-4H3. The molecule has 1 aliphatic heterocycles. The molecule has 0 bridgehead atoms. The van der Waals surface area contributed by atoms with E-state index in [0.29, 0.717) is 6.04 Å². The van der Waals surface area contributed by atoms with Gasteiger partial charge in [0.1, 0.15) is 0 Å². The monoisotopic (exact) mass is 285 g/mol.